The van der Waals surface area contributed by atoms with Gasteiger partial charge in [-0.3, -0.25) is 9.59 Å². The van der Waals surface area contributed by atoms with Crippen molar-refractivity contribution in [3.05, 3.63) is 65.1 Å². The van der Waals surface area contributed by atoms with Crippen molar-refractivity contribution in [3.63, 3.8) is 0 Å². The molecule has 0 saturated carbocycles. The summed E-state index contributed by atoms with van der Waals surface area (Å²) in [6.07, 6.45) is 0. The number of hydrogen-bond acceptors (Lipinski definition) is 4. The lowest BCUT2D eigenvalue weighted by atomic mass is 10.1. The van der Waals surface area contributed by atoms with Gasteiger partial charge in [0.1, 0.15) is 5.75 Å². The van der Waals surface area contributed by atoms with E-state index < -0.39 is 0 Å². The summed E-state index contributed by atoms with van der Waals surface area (Å²) in [6.45, 7) is 4.01. The minimum absolute atomic E-state index is 0.190. The molecule has 2 aromatic rings. The maximum Gasteiger partial charge on any atom is 0.272 e. The van der Waals surface area contributed by atoms with E-state index in [1.54, 1.807) is 31.4 Å². The van der Waals surface area contributed by atoms with Gasteiger partial charge >= 0.3 is 0 Å². The molecule has 0 spiro atoms. The van der Waals surface area contributed by atoms with Crippen LogP contribution < -0.4 is 9.64 Å². The molecule has 0 aliphatic carbocycles. The van der Waals surface area contributed by atoms with Crippen molar-refractivity contribution in [2.75, 3.05) is 12.0 Å². The van der Waals surface area contributed by atoms with Gasteiger partial charge in [0.15, 0.2) is 0 Å². The van der Waals surface area contributed by atoms with E-state index in [1.165, 1.54) is 16.7 Å². The first-order valence-corrected chi connectivity index (χ1v) is 8.90. The third-order valence-corrected chi connectivity index (χ3v) is 4.85. The van der Waals surface area contributed by atoms with Gasteiger partial charge in [-0.2, -0.15) is 0 Å². The van der Waals surface area contributed by atoms with E-state index in [9.17, 15) is 9.59 Å². The van der Waals surface area contributed by atoms with Gasteiger partial charge in [-0.25, -0.2) is 4.90 Å². The molecule has 1 aliphatic rings. The molecule has 0 fully saturated rings. The Bertz CT molecular complexity index is 843. The summed E-state index contributed by atoms with van der Waals surface area (Å²) in [7, 11) is 1.56. The molecule has 0 saturated heterocycles. The van der Waals surface area contributed by atoms with Crippen LogP contribution in [0.1, 0.15) is 19.4 Å². The molecule has 4 nitrogen and oxygen atoms in total. The van der Waals surface area contributed by atoms with Crippen molar-refractivity contribution in [1.29, 1.82) is 0 Å². The van der Waals surface area contributed by atoms with Gasteiger partial charge in [0, 0.05) is 11.3 Å². The highest BCUT2D eigenvalue weighted by molar-refractivity contribution is 8.04. The first-order chi connectivity index (χ1) is 12.0. The van der Waals surface area contributed by atoms with Crippen LogP contribution in [0.2, 0.25) is 0 Å². The average molecular weight is 353 g/mol. The Balaban J connectivity index is 2.09. The fourth-order valence-corrected chi connectivity index (χ4v) is 3.68. The van der Waals surface area contributed by atoms with Gasteiger partial charge in [-0.1, -0.05) is 50.2 Å². The van der Waals surface area contributed by atoms with Gasteiger partial charge in [0.05, 0.1) is 23.3 Å². The monoisotopic (exact) mass is 353 g/mol. The molecule has 0 radical (unpaired) electrons. The van der Waals surface area contributed by atoms with Crippen LogP contribution >= 0.6 is 11.8 Å². The third-order valence-electron chi connectivity index (χ3n) is 3.77. The topological polar surface area (TPSA) is 46.6 Å². The fourth-order valence-electron chi connectivity index (χ4n) is 2.70. The van der Waals surface area contributed by atoms with E-state index in [0.717, 1.165) is 5.56 Å². The number of amides is 2. The number of thioether (sulfide) groups is 1. The molecule has 3 rings (SSSR count). The minimum atomic E-state index is -0.299. The summed E-state index contributed by atoms with van der Waals surface area (Å²) < 4.78 is 5.22. The summed E-state index contributed by atoms with van der Waals surface area (Å²) in [5.41, 5.74) is 1.74. The Hall–Kier alpha value is -2.53. The van der Waals surface area contributed by atoms with Gasteiger partial charge in [0.25, 0.3) is 11.8 Å². The predicted octanol–water partition coefficient (Wildman–Crippen LogP) is 4.12. The number of hydrogen-bond donors (Lipinski definition) is 0. The summed E-state index contributed by atoms with van der Waals surface area (Å²) in [6, 6.07) is 16.3. The normalized spacial score (nSPS) is 14.6. The van der Waals surface area contributed by atoms with Crippen LogP contribution in [0.25, 0.3) is 5.57 Å². The number of carbonyl (C=O) groups excluding carboxylic acids is 2. The van der Waals surface area contributed by atoms with E-state index in [0.29, 0.717) is 21.9 Å². The molecular weight excluding hydrogens is 334 g/mol. The molecule has 25 heavy (non-hydrogen) atoms. The second-order valence-corrected chi connectivity index (χ2v) is 7.47. The smallest absolute Gasteiger partial charge is 0.272 e. The van der Waals surface area contributed by atoms with Crippen LogP contribution in [0.5, 0.6) is 5.75 Å². The minimum Gasteiger partial charge on any atom is -0.497 e. The largest absolute Gasteiger partial charge is 0.497 e. The highest BCUT2D eigenvalue weighted by Gasteiger charge is 2.40. The second kappa shape index (κ2) is 7.15. The molecule has 5 heteroatoms. The number of benzene rings is 2. The number of methoxy groups -OCH3 is 1. The fraction of sp³-hybridized carbons (Fsp3) is 0.200. The molecule has 1 aliphatic heterocycles. The van der Waals surface area contributed by atoms with E-state index in [1.807, 2.05) is 44.2 Å². The highest BCUT2D eigenvalue weighted by atomic mass is 32.2. The zero-order valence-corrected chi connectivity index (χ0v) is 15.2. The molecule has 0 N–H and O–H groups in total. The number of carbonyl (C=O) groups is 2. The maximum atomic E-state index is 13.1. The number of nitrogens with zero attached hydrogens (tertiary/aromatic N) is 1. The molecular formula is C20H19NO3S. The quantitative estimate of drug-likeness (QED) is 0.759. The Morgan fingerprint density at radius 1 is 0.960 bits per heavy atom. The molecule has 0 atom stereocenters. The number of anilines is 1. The molecule has 2 amide bonds. The van der Waals surface area contributed by atoms with E-state index >= 15 is 0 Å². The Kier molecular flexibility index (Phi) is 4.95. The molecule has 1 heterocycles. The first-order valence-electron chi connectivity index (χ1n) is 8.02. The molecule has 0 bridgehead atoms. The van der Waals surface area contributed by atoms with E-state index in [2.05, 4.69) is 0 Å². The number of imide groups is 1. The van der Waals surface area contributed by atoms with Crippen LogP contribution in [-0.2, 0) is 9.59 Å². The Morgan fingerprint density at radius 3 is 2.32 bits per heavy atom. The van der Waals surface area contributed by atoms with Crippen LogP contribution in [0.3, 0.4) is 0 Å². The lowest BCUT2D eigenvalue weighted by Gasteiger charge is -2.16. The van der Waals surface area contributed by atoms with Crippen molar-refractivity contribution < 1.29 is 14.3 Å². The van der Waals surface area contributed by atoms with Gasteiger partial charge in [-0.05, 0) is 17.7 Å². The number of ether oxygens (including phenoxy) is 1. The van der Waals surface area contributed by atoms with E-state index in [-0.39, 0.29) is 17.1 Å². The summed E-state index contributed by atoms with van der Waals surface area (Å²) >= 11 is 1.42. The van der Waals surface area contributed by atoms with Crippen molar-refractivity contribution in [3.8, 4) is 5.75 Å². The third kappa shape index (κ3) is 3.33. The lowest BCUT2D eigenvalue weighted by Crippen LogP contribution is -2.31. The number of rotatable bonds is 5. The summed E-state index contributed by atoms with van der Waals surface area (Å²) in [4.78, 5) is 27.8. The molecule has 128 valence electrons. The van der Waals surface area contributed by atoms with Gasteiger partial charge < -0.3 is 4.74 Å². The lowest BCUT2D eigenvalue weighted by molar-refractivity contribution is -0.119. The summed E-state index contributed by atoms with van der Waals surface area (Å²) in [5.74, 6) is 0.0210. The van der Waals surface area contributed by atoms with Crippen LogP contribution in [0, 0.1) is 0 Å². The van der Waals surface area contributed by atoms with Crippen molar-refractivity contribution in [2.24, 2.45) is 0 Å². The average Bonchev–Trinajstić information content (AvgIpc) is 2.85. The maximum absolute atomic E-state index is 13.1. The zero-order chi connectivity index (χ0) is 18.0. The molecule has 0 unspecified atom stereocenters. The van der Waals surface area contributed by atoms with Crippen molar-refractivity contribution >= 4 is 34.8 Å². The van der Waals surface area contributed by atoms with Gasteiger partial charge in [-0.15, -0.1) is 11.8 Å². The van der Waals surface area contributed by atoms with Crippen molar-refractivity contribution in [1.82, 2.24) is 0 Å². The second-order valence-electron chi connectivity index (χ2n) is 5.88. The van der Waals surface area contributed by atoms with Crippen molar-refractivity contribution in [2.45, 2.75) is 19.1 Å². The SMILES string of the molecule is COc1cccc(N2C(=O)C(SC(C)C)=C(c3ccccc3)C2=O)c1. The zero-order valence-electron chi connectivity index (χ0n) is 14.4. The Labute approximate surface area is 151 Å². The predicted molar refractivity (Wildman–Crippen MR) is 102 cm³/mol. The standard InChI is InChI=1S/C20H19NO3S/c1-13(2)25-18-17(14-8-5-4-6-9-14)19(22)21(20(18)23)15-10-7-11-16(12-15)24-3/h4-13H,1-3H3. The van der Waals surface area contributed by atoms with Crippen LogP contribution in [0.15, 0.2) is 59.5 Å². The Morgan fingerprint density at radius 2 is 1.68 bits per heavy atom. The first kappa shape index (κ1) is 17.3. The highest BCUT2D eigenvalue weighted by Crippen LogP contribution is 2.40. The van der Waals surface area contributed by atoms with E-state index in [4.69, 9.17) is 4.74 Å². The van der Waals surface area contributed by atoms with Crippen LogP contribution in [0.4, 0.5) is 5.69 Å². The molecule has 0 aromatic heterocycles. The van der Waals surface area contributed by atoms with Gasteiger partial charge in [0.2, 0.25) is 0 Å². The van der Waals surface area contributed by atoms with Crippen LogP contribution in [-0.4, -0.2) is 24.2 Å². The summed E-state index contributed by atoms with van der Waals surface area (Å²) in [5, 5.41) is 0.190. The molecule has 2 aromatic carbocycles.